The van der Waals surface area contributed by atoms with Crippen LogP contribution in [0.15, 0.2) is 41.1 Å². The summed E-state index contributed by atoms with van der Waals surface area (Å²) in [6, 6.07) is 8.96. The van der Waals surface area contributed by atoms with Crippen molar-refractivity contribution >= 4 is 22.1 Å². The molecule has 0 saturated heterocycles. The zero-order valence-electron chi connectivity index (χ0n) is 20.8. The summed E-state index contributed by atoms with van der Waals surface area (Å²) < 4.78 is 8.79. The van der Waals surface area contributed by atoms with E-state index < -0.39 is 0 Å². The molecule has 1 aliphatic carbocycles. The van der Waals surface area contributed by atoms with E-state index >= 15 is 0 Å². The molecule has 3 heterocycles. The van der Waals surface area contributed by atoms with Crippen LogP contribution in [0.2, 0.25) is 0 Å². The van der Waals surface area contributed by atoms with Gasteiger partial charge >= 0.3 is 0 Å². The average molecular weight is 428 g/mol. The topological polar surface area (TPSA) is 29.9 Å². The predicted molar refractivity (Wildman–Crippen MR) is 132 cm³/mol. The average Bonchev–Trinajstić information content (AvgIpc) is 3.10. The Balaban J connectivity index is 1.87. The molecular formula is C29H35N2O+. The monoisotopic (exact) mass is 427 g/mol. The van der Waals surface area contributed by atoms with Crippen LogP contribution in [0, 0.1) is 6.92 Å². The van der Waals surface area contributed by atoms with Crippen molar-refractivity contribution in [2.24, 2.45) is 7.05 Å². The van der Waals surface area contributed by atoms with E-state index in [1.54, 1.807) is 0 Å². The molecule has 0 N–H and O–H groups in total. The van der Waals surface area contributed by atoms with Gasteiger partial charge in [-0.1, -0.05) is 53.7 Å². The van der Waals surface area contributed by atoms with Crippen LogP contribution in [0.25, 0.3) is 33.3 Å². The first-order valence-corrected chi connectivity index (χ1v) is 11.9. The summed E-state index contributed by atoms with van der Waals surface area (Å²) in [6.45, 7) is 16.1. The number of aryl methyl sites for hydroxylation is 2. The van der Waals surface area contributed by atoms with E-state index in [9.17, 15) is 0 Å². The summed E-state index contributed by atoms with van der Waals surface area (Å²) in [6.07, 6.45) is 6.67. The van der Waals surface area contributed by atoms with E-state index in [0.29, 0.717) is 5.92 Å². The number of aromatic nitrogens is 2. The van der Waals surface area contributed by atoms with Gasteiger partial charge in [-0.15, -0.1) is 0 Å². The van der Waals surface area contributed by atoms with E-state index in [2.05, 4.69) is 96.7 Å². The standard InChI is InChI=1S/C29H35N2O/c1-17(2)19-10-12-22(31(8)16-19)23-18(3)9-11-20-24-25-21(15-30-27(24)32-26(20)23)28(4,5)13-14-29(25,6)7/h9-12,15-17H,13-14H2,1-8H3/q+1. The third-order valence-electron chi connectivity index (χ3n) is 7.74. The van der Waals surface area contributed by atoms with Crippen molar-refractivity contribution in [2.75, 3.05) is 0 Å². The molecule has 0 bridgehead atoms. The number of hydrogen-bond donors (Lipinski definition) is 0. The number of benzene rings is 1. The first kappa shape index (κ1) is 21.2. The van der Waals surface area contributed by atoms with Crippen molar-refractivity contribution < 1.29 is 8.98 Å². The molecule has 32 heavy (non-hydrogen) atoms. The third-order valence-corrected chi connectivity index (χ3v) is 7.74. The van der Waals surface area contributed by atoms with Crippen molar-refractivity contribution in [2.45, 2.75) is 78.1 Å². The second kappa shape index (κ2) is 6.91. The fourth-order valence-corrected chi connectivity index (χ4v) is 5.55. The Morgan fingerprint density at radius 2 is 1.72 bits per heavy atom. The predicted octanol–water partition coefficient (Wildman–Crippen LogP) is 7.25. The molecule has 166 valence electrons. The highest BCUT2D eigenvalue weighted by molar-refractivity contribution is 6.11. The molecule has 3 aromatic heterocycles. The molecule has 1 aromatic carbocycles. The SMILES string of the molecule is Cc1ccc2c(oc3ncc4c(c32)C(C)(C)CCC4(C)C)c1-c1ccc(C(C)C)c[n+]1C. The molecule has 0 aliphatic heterocycles. The van der Waals surface area contributed by atoms with Gasteiger partial charge in [0.05, 0.1) is 10.9 Å². The highest BCUT2D eigenvalue weighted by atomic mass is 16.3. The van der Waals surface area contributed by atoms with Crippen molar-refractivity contribution in [1.29, 1.82) is 0 Å². The van der Waals surface area contributed by atoms with Crippen LogP contribution in [0.4, 0.5) is 0 Å². The molecule has 0 radical (unpaired) electrons. The number of rotatable bonds is 2. The molecule has 0 saturated carbocycles. The Labute approximate surface area is 191 Å². The first-order chi connectivity index (χ1) is 15.0. The summed E-state index contributed by atoms with van der Waals surface area (Å²) in [5.41, 5.74) is 9.63. The molecular weight excluding hydrogens is 392 g/mol. The molecule has 0 spiro atoms. The van der Waals surface area contributed by atoms with Gasteiger partial charge in [0.1, 0.15) is 7.05 Å². The zero-order valence-corrected chi connectivity index (χ0v) is 20.8. The molecule has 0 amide bonds. The van der Waals surface area contributed by atoms with Gasteiger partial charge in [-0.25, -0.2) is 9.55 Å². The molecule has 0 fully saturated rings. The summed E-state index contributed by atoms with van der Waals surface area (Å²) in [7, 11) is 2.13. The van der Waals surface area contributed by atoms with Crippen LogP contribution in [0.1, 0.15) is 82.6 Å². The Bertz CT molecular complexity index is 1370. The van der Waals surface area contributed by atoms with Crippen molar-refractivity contribution in [3.05, 3.63) is 58.9 Å². The van der Waals surface area contributed by atoms with Gasteiger partial charge in [0.25, 0.3) is 0 Å². The van der Waals surface area contributed by atoms with Crippen LogP contribution < -0.4 is 4.57 Å². The fraction of sp³-hybridized carbons (Fsp3) is 0.448. The summed E-state index contributed by atoms with van der Waals surface area (Å²) in [4.78, 5) is 4.84. The van der Waals surface area contributed by atoms with Crippen molar-refractivity contribution in [1.82, 2.24) is 4.98 Å². The number of fused-ring (bicyclic) bond motifs is 5. The Morgan fingerprint density at radius 1 is 1.00 bits per heavy atom. The Hall–Kier alpha value is -2.68. The second-order valence-corrected chi connectivity index (χ2v) is 11.3. The van der Waals surface area contributed by atoms with E-state index in [0.717, 1.165) is 11.3 Å². The van der Waals surface area contributed by atoms with Gasteiger partial charge in [0.2, 0.25) is 11.4 Å². The lowest BCUT2D eigenvalue weighted by atomic mass is 9.63. The van der Waals surface area contributed by atoms with E-state index in [1.807, 2.05) is 0 Å². The van der Waals surface area contributed by atoms with Crippen molar-refractivity contribution in [3.8, 4) is 11.3 Å². The van der Waals surface area contributed by atoms with Gasteiger partial charge in [-0.2, -0.15) is 0 Å². The highest BCUT2D eigenvalue weighted by Crippen LogP contribution is 2.50. The fourth-order valence-electron chi connectivity index (χ4n) is 5.55. The summed E-state index contributed by atoms with van der Waals surface area (Å²) >= 11 is 0. The van der Waals surface area contributed by atoms with Gasteiger partial charge in [0.15, 0.2) is 11.8 Å². The van der Waals surface area contributed by atoms with Crippen molar-refractivity contribution in [3.63, 3.8) is 0 Å². The maximum atomic E-state index is 6.55. The van der Waals surface area contributed by atoms with Crippen LogP contribution in [-0.2, 0) is 17.9 Å². The second-order valence-electron chi connectivity index (χ2n) is 11.3. The lowest BCUT2D eigenvalue weighted by Crippen LogP contribution is -2.34. The smallest absolute Gasteiger partial charge is 0.227 e. The van der Waals surface area contributed by atoms with Crippen LogP contribution in [0.5, 0.6) is 0 Å². The molecule has 1 aliphatic rings. The number of pyridine rings is 2. The molecule has 0 atom stereocenters. The molecule has 0 unspecified atom stereocenters. The molecule has 5 rings (SSSR count). The van der Waals surface area contributed by atoms with Crippen LogP contribution in [0.3, 0.4) is 0 Å². The Morgan fingerprint density at radius 3 is 2.41 bits per heavy atom. The highest BCUT2D eigenvalue weighted by Gasteiger charge is 2.40. The van der Waals surface area contributed by atoms with Gasteiger partial charge < -0.3 is 4.42 Å². The normalized spacial score (nSPS) is 17.3. The van der Waals surface area contributed by atoms with E-state index in [4.69, 9.17) is 9.40 Å². The first-order valence-electron chi connectivity index (χ1n) is 11.9. The maximum Gasteiger partial charge on any atom is 0.227 e. The number of hydrogen-bond acceptors (Lipinski definition) is 2. The summed E-state index contributed by atoms with van der Waals surface area (Å²) in [5, 5.41) is 2.39. The van der Waals surface area contributed by atoms with E-state index in [-0.39, 0.29) is 10.8 Å². The molecule has 3 heteroatoms. The lowest BCUT2D eigenvalue weighted by molar-refractivity contribution is -0.660. The molecule has 4 aromatic rings. The Kier molecular flexibility index (Phi) is 4.57. The number of nitrogens with zero attached hydrogens (tertiary/aromatic N) is 2. The lowest BCUT2D eigenvalue weighted by Gasteiger charge is -2.41. The van der Waals surface area contributed by atoms with Gasteiger partial charge in [-0.3, -0.25) is 0 Å². The number of furan rings is 1. The zero-order chi connectivity index (χ0) is 23.0. The van der Waals surface area contributed by atoms with Crippen LogP contribution >= 0.6 is 0 Å². The largest absolute Gasteiger partial charge is 0.437 e. The minimum absolute atomic E-state index is 0.0947. The minimum Gasteiger partial charge on any atom is -0.437 e. The maximum absolute atomic E-state index is 6.55. The quantitative estimate of drug-likeness (QED) is 0.315. The third kappa shape index (κ3) is 3.01. The van der Waals surface area contributed by atoms with Crippen LogP contribution in [-0.4, -0.2) is 4.98 Å². The summed E-state index contributed by atoms with van der Waals surface area (Å²) in [5.74, 6) is 0.500. The van der Waals surface area contributed by atoms with Gasteiger partial charge in [0, 0.05) is 23.2 Å². The van der Waals surface area contributed by atoms with E-state index in [1.165, 1.54) is 57.1 Å². The van der Waals surface area contributed by atoms with Gasteiger partial charge in [-0.05, 0) is 59.3 Å². The molecule has 3 nitrogen and oxygen atoms in total. The minimum atomic E-state index is 0.0947.